The molecule has 1 amide bonds. The average Bonchev–Trinajstić information content (AvgIpc) is 2.73. The minimum atomic E-state index is -4.80. The number of methoxy groups -OCH3 is 1. The van der Waals surface area contributed by atoms with Gasteiger partial charge in [-0.2, -0.15) is 0 Å². The number of piperidine rings is 1. The molecule has 2 aliphatic rings. The lowest BCUT2D eigenvalue weighted by Crippen LogP contribution is -2.49. The summed E-state index contributed by atoms with van der Waals surface area (Å²) in [6.07, 6.45) is 0.606. The average molecular weight is 454 g/mol. The van der Waals surface area contributed by atoms with Crippen molar-refractivity contribution in [1.29, 1.82) is 0 Å². The fourth-order valence-electron chi connectivity index (χ4n) is 3.94. The number of esters is 1. The third-order valence-electron chi connectivity index (χ3n) is 5.45. The van der Waals surface area contributed by atoms with E-state index in [-0.39, 0.29) is 12.2 Å². The second kappa shape index (κ2) is 9.23. The van der Waals surface area contributed by atoms with Crippen molar-refractivity contribution in [3.05, 3.63) is 47.7 Å². The lowest BCUT2D eigenvalue weighted by atomic mass is 9.82. The molecule has 0 spiro atoms. The van der Waals surface area contributed by atoms with Crippen LogP contribution in [-0.2, 0) is 14.3 Å². The third kappa shape index (κ3) is 5.61. The number of nitrogens with one attached hydrogen (secondary N) is 1. The van der Waals surface area contributed by atoms with Crippen LogP contribution in [0.25, 0.3) is 5.57 Å². The number of hydrogen-bond acceptors (Lipinski definition) is 6. The van der Waals surface area contributed by atoms with Gasteiger partial charge in [-0.05, 0) is 55.5 Å². The lowest BCUT2D eigenvalue weighted by molar-refractivity contribution is -0.274. The molecule has 1 aliphatic carbocycles. The Balaban J connectivity index is 1.95. The fraction of sp³-hybridized carbons (Fsp3) is 0.455. The van der Waals surface area contributed by atoms with Crippen molar-refractivity contribution >= 4 is 17.4 Å². The van der Waals surface area contributed by atoms with Gasteiger partial charge in [0.05, 0.1) is 12.6 Å². The summed E-state index contributed by atoms with van der Waals surface area (Å²) in [5.41, 5.74) is 1.08. The molecule has 32 heavy (non-hydrogen) atoms. The van der Waals surface area contributed by atoms with Crippen LogP contribution < -0.4 is 10.1 Å². The number of rotatable bonds is 4. The predicted octanol–water partition coefficient (Wildman–Crippen LogP) is 3.11. The Hall–Kier alpha value is -3.01. The van der Waals surface area contributed by atoms with Gasteiger partial charge < -0.3 is 24.8 Å². The Morgan fingerprint density at radius 2 is 1.91 bits per heavy atom. The molecule has 0 radical (unpaired) electrons. The zero-order chi connectivity index (χ0) is 23.5. The molecule has 1 fully saturated rings. The molecular weight excluding hydrogens is 429 g/mol. The molecule has 0 bridgehead atoms. The van der Waals surface area contributed by atoms with E-state index >= 15 is 0 Å². The summed E-state index contributed by atoms with van der Waals surface area (Å²) in [4.78, 5) is 25.5. The molecular formula is C22H25F3N2O5. The van der Waals surface area contributed by atoms with Gasteiger partial charge in [-0.15, -0.1) is 13.2 Å². The van der Waals surface area contributed by atoms with Gasteiger partial charge in [-0.3, -0.25) is 4.79 Å². The monoisotopic (exact) mass is 454 g/mol. The van der Waals surface area contributed by atoms with Crippen LogP contribution in [0.1, 0.15) is 38.2 Å². The molecule has 1 saturated heterocycles. The summed E-state index contributed by atoms with van der Waals surface area (Å²) in [5.74, 6) is -2.29. The van der Waals surface area contributed by atoms with E-state index < -0.39 is 30.0 Å². The number of allylic oxidation sites excluding steroid dienone is 1. The standard InChI is InChI=1S/C22H25F3N2O5/c1-21(26-19(29)20(30)31-2)11-10-17(27-12-4-3-5-18(27)28)16(13-21)14-6-8-15(9-7-14)32-22(23,24)25/h6-11,18,28H,3-5,12-13H2,1-2H3,(H,26,29). The van der Waals surface area contributed by atoms with Crippen LogP contribution in [0.4, 0.5) is 13.2 Å². The number of alkyl halides is 3. The van der Waals surface area contributed by atoms with Gasteiger partial charge in [0.2, 0.25) is 0 Å². The SMILES string of the molecule is COC(=O)C(=O)NC1(C)C=CC(N2CCCCC2O)=C(c2ccc(OC(F)(F)F)cc2)C1. The van der Waals surface area contributed by atoms with Crippen molar-refractivity contribution in [2.24, 2.45) is 0 Å². The first-order valence-electron chi connectivity index (χ1n) is 10.1. The highest BCUT2D eigenvalue weighted by Crippen LogP contribution is 2.38. The van der Waals surface area contributed by atoms with Crippen molar-refractivity contribution in [1.82, 2.24) is 10.2 Å². The van der Waals surface area contributed by atoms with Gasteiger partial charge in [-0.1, -0.05) is 18.2 Å². The van der Waals surface area contributed by atoms with E-state index in [1.807, 2.05) is 4.90 Å². The molecule has 1 heterocycles. The molecule has 10 heteroatoms. The van der Waals surface area contributed by atoms with Gasteiger partial charge in [0.15, 0.2) is 0 Å². The second-order valence-corrected chi connectivity index (χ2v) is 7.98. The van der Waals surface area contributed by atoms with E-state index in [4.69, 9.17) is 0 Å². The van der Waals surface area contributed by atoms with Crippen molar-refractivity contribution in [2.75, 3.05) is 13.7 Å². The molecule has 174 valence electrons. The summed E-state index contributed by atoms with van der Waals surface area (Å²) in [6, 6.07) is 5.41. The van der Waals surface area contributed by atoms with Gasteiger partial charge in [0, 0.05) is 18.7 Å². The number of aliphatic hydroxyl groups is 1. The smallest absolute Gasteiger partial charge is 0.462 e. The van der Waals surface area contributed by atoms with E-state index in [1.54, 1.807) is 19.1 Å². The number of carbonyl (C=O) groups is 2. The van der Waals surface area contributed by atoms with Gasteiger partial charge in [-0.25, -0.2) is 4.79 Å². The molecule has 1 aliphatic heterocycles. The molecule has 7 nitrogen and oxygen atoms in total. The zero-order valence-electron chi connectivity index (χ0n) is 17.7. The van der Waals surface area contributed by atoms with E-state index in [9.17, 15) is 27.9 Å². The number of nitrogens with zero attached hydrogens (tertiary/aromatic N) is 1. The number of aliphatic hydroxyl groups excluding tert-OH is 1. The van der Waals surface area contributed by atoms with Gasteiger partial charge >= 0.3 is 18.2 Å². The topological polar surface area (TPSA) is 88.1 Å². The number of halogens is 3. The Kier molecular flexibility index (Phi) is 6.82. The van der Waals surface area contributed by atoms with Crippen LogP contribution >= 0.6 is 0 Å². The first kappa shape index (κ1) is 23.6. The van der Waals surface area contributed by atoms with Crippen LogP contribution in [0.15, 0.2) is 42.1 Å². The Bertz CT molecular complexity index is 926. The first-order chi connectivity index (χ1) is 15.0. The van der Waals surface area contributed by atoms with Crippen molar-refractivity contribution < 1.29 is 37.3 Å². The van der Waals surface area contributed by atoms with E-state index in [2.05, 4.69) is 14.8 Å². The lowest BCUT2D eigenvalue weighted by Gasteiger charge is -2.40. The molecule has 1 aromatic carbocycles. The van der Waals surface area contributed by atoms with Crippen molar-refractivity contribution in [3.8, 4) is 5.75 Å². The largest absolute Gasteiger partial charge is 0.573 e. The summed E-state index contributed by atoms with van der Waals surface area (Å²) in [7, 11) is 1.10. The predicted molar refractivity (Wildman–Crippen MR) is 109 cm³/mol. The quantitative estimate of drug-likeness (QED) is 0.537. The maximum absolute atomic E-state index is 12.5. The number of likely N-dealkylation sites (tertiary alicyclic amines) is 1. The molecule has 0 saturated carbocycles. The molecule has 3 rings (SSSR count). The highest BCUT2D eigenvalue weighted by atomic mass is 19.4. The second-order valence-electron chi connectivity index (χ2n) is 7.98. The van der Waals surface area contributed by atoms with Crippen molar-refractivity contribution in [3.63, 3.8) is 0 Å². The Morgan fingerprint density at radius 3 is 2.50 bits per heavy atom. The Labute approximate surface area is 183 Å². The summed E-state index contributed by atoms with van der Waals surface area (Å²) in [6.45, 7) is 2.33. The van der Waals surface area contributed by atoms with Crippen LogP contribution in [-0.4, -0.2) is 53.7 Å². The van der Waals surface area contributed by atoms with Crippen LogP contribution in [0.3, 0.4) is 0 Å². The minimum absolute atomic E-state index is 0.240. The first-order valence-corrected chi connectivity index (χ1v) is 10.1. The number of carbonyl (C=O) groups excluding carboxylic acids is 2. The normalized spacial score (nSPS) is 23.7. The summed E-state index contributed by atoms with van der Waals surface area (Å²) < 4.78 is 45.9. The van der Waals surface area contributed by atoms with Crippen LogP contribution in [0.2, 0.25) is 0 Å². The molecule has 0 aromatic heterocycles. The van der Waals surface area contributed by atoms with E-state index in [0.717, 1.165) is 20.0 Å². The van der Waals surface area contributed by atoms with Gasteiger partial charge in [0.25, 0.3) is 0 Å². The zero-order valence-corrected chi connectivity index (χ0v) is 17.7. The maximum atomic E-state index is 12.5. The highest BCUT2D eigenvalue weighted by molar-refractivity contribution is 6.32. The summed E-state index contributed by atoms with van der Waals surface area (Å²) in [5, 5.41) is 13.2. The van der Waals surface area contributed by atoms with E-state index in [0.29, 0.717) is 29.8 Å². The molecule has 1 aromatic rings. The van der Waals surface area contributed by atoms with Gasteiger partial charge in [0.1, 0.15) is 12.0 Å². The molecule has 2 N–H and O–H groups in total. The molecule has 2 atom stereocenters. The van der Waals surface area contributed by atoms with E-state index in [1.165, 1.54) is 24.3 Å². The Morgan fingerprint density at radius 1 is 1.22 bits per heavy atom. The minimum Gasteiger partial charge on any atom is -0.462 e. The third-order valence-corrected chi connectivity index (χ3v) is 5.45. The fourth-order valence-corrected chi connectivity index (χ4v) is 3.94. The number of benzene rings is 1. The number of amides is 1. The number of hydrogen-bond donors (Lipinski definition) is 2. The number of ether oxygens (including phenoxy) is 2. The maximum Gasteiger partial charge on any atom is 0.573 e. The summed E-state index contributed by atoms with van der Waals surface area (Å²) >= 11 is 0. The highest BCUT2D eigenvalue weighted by Gasteiger charge is 2.35. The van der Waals surface area contributed by atoms with Crippen LogP contribution in [0, 0.1) is 0 Å². The van der Waals surface area contributed by atoms with Crippen LogP contribution in [0.5, 0.6) is 5.75 Å². The molecule has 2 unspecified atom stereocenters. The van der Waals surface area contributed by atoms with Crippen molar-refractivity contribution in [2.45, 2.75) is 50.7 Å².